The van der Waals surface area contributed by atoms with Crippen LogP contribution in [-0.2, 0) is 0 Å². The third kappa shape index (κ3) is 5.06. The first kappa shape index (κ1) is 12.1. The Morgan fingerprint density at radius 3 is 2.79 bits per heavy atom. The fourth-order valence-corrected chi connectivity index (χ4v) is 3.08. The molecule has 1 N–H and O–H groups in total. The summed E-state index contributed by atoms with van der Waals surface area (Å²) in [4.78, 5) is 0. The molecule has 0 heterocycles. The van der Waals surface area contributed by atoms with E-state index < -0.39 is 0 Å². The Bertz CT molecular complexity index is 162. The molecule has 0 bridgehead atoms. The normalized spacial score (nSPS) is 17.5. The first-order valence-electron chi connectivity index (χ1n) is 5.78. The Hall–Kier alpha value is 0.0500. The SMILES string of the molecule is C=C(CNCC)CSCC1CCCC1. The third-order valence-corrected chi connectivity index (χ3v) is 4.08. The number of hydrogen-bond acceptors (Lipinski definition) is 2. The molecule has 0 unspecified atom stereocenters. The highest BCUT2D eigenvalue weighted by Crippen LogP contribution is 2.28. The molecule has 0 aromatic rings. The fraction of sp³-hybridized carbons (Fsp3) is 0.833. The van der Waals surface area contributed by atoms with Crippen LogP contribution in [-0.4, -0.2) is 24.6 Å². The summed E-state index contributed by atoms with van der Waals surface area (Å²) in [6.07, 6.45) is 5.85. The van der Waals surface area contributed by atoms with Crippen molar-refractivity contribution in [3.8, 4) is 0 Å². The molecule has 0 saturated heterocycles. The van der Waals surface area contributed by atoms with Gasteiger partial charge in [0.2, 0.25) is 0 Å². The van der Waals surface area contributed by atoms with Gasteiger partial charge in [-0.15, -0.1) is 0 Å². The lowest BCUT2D eigenvalue weighted by Crippen LogP contribution is -2.16. The molecule has 0 aromatic carbocycles. The van der Waals surface area contributed by atoms with Crippen LogP contribution in [0.25, 0.3) is 0 Å². The number of hydrogen-bond donors (Lipinski definition) is 1. The molecule has 1 aliphatic carbocycles. The summed E-state index contributed by atoms with van der Waals surface area (Å²) >= 11 is 2.07. The largest absolute Gasteiger partial charge is 0.313 e. The van der Waals surface area contributed by atoms with Crippen molar-refractivity contribution in [2.24, 2.45) is 5.92 Å². The topological polar surface area (TPSA) is 12.0 Å². The van der Waals surface area contributed by atoms with E-state index in [1.165, 1.54) is 37.0 Å². The molecule has 2 heteroatoms. The summed E-state index contributed by atoms with van der Waals surface area (Å²) in [6, 6.07) is 0. The zero-order valence-electron chi connectivity index (χ0n) is 9.35. The lowest BCUT2D eigenvalue weighted by Gasteiger charge is -2.09. The Kier molecular flexibility index (Phi) is 6.37. The summed E-state index contributed by atoms with van der Waals surface area (Å²) in [7, 11) is 0. The maximum atomic E-state index is 4.07. The first-order chi connectivity index (χ1) is 6.83. The van der Waals surface area contributed by atoms with Crippen LogP contribution < -0.4 is 5.32 Å². The number of rotatable bonds is 7. The van der Waals surface area contributed by atoms with Crippen LogP contribution in [0, 0.1) is 5.92 Å². The van der Waals surface area contributed by atoms with Gasteiger partial charge in [0.1, 0.15) is 0 Å². The highest BCUT2D eigenvalue weighted by molar-refractivity contribution is 7.99. The molecule has 1 aliphatic rings. The van der Waals surface area contributed by atoms with Gasteiger partial charge in [0, 0.05) is 12.3 Å². The predicted molar refractivity (Wildman–Crippen MR) is 67.0 cm³/mol. The standard InChI is InChI=1S/C12H23NS/c1-3-13-8-11(2)9-14-10-12-6-4-5-7-12/h12-13H,2-10H2,1H3. The van der Waals surface area contributed by atoms with E-state index >= 15 is 0 Å². The van der Waals surface area contributed by atoms with Crippen LogP contribution in [0.5, 0.6) is 0 Å². The van der Waals surface area contributed by atoms with Crippen LogP contribution in [0.1, 0.15) is 32.6 Å². The van der Waals surface area contributed by atoms with Crippen molar-refractivity contribution < 1.29 is 0 Å². The van der Waals surface area contributed by atoms with Gasteiger partial charge in [0.05, 0.1) is 0 Å². The van der Waals surface area contributed by atoms with Gasteiger partial charge in [0.15, 0.2) is 0 Å². The van der Waals surface area contributed by atoms with Gasteiger partial charge in [-0.1, -0.05) is 31.9 Å². The lowest BCUT2D eigenvalue weighted by molar-refractivity contribution is 0.623. The Morgan fingerprint density at radius 2 is 2.14 bits per heavy atom. The van der Waals surface area contributed by atoms with Crippen LogP contribution in [0.15, 0.2) is 12.2 Å². The van der Waals surface area contributed by atoms with Gasteiger partial charge in [-0.2, -0.15) is 11.8 Å². The minimum Gasteiger partial charge on any atom is -0.313 e. The van der Waals surface area contributed by atoms with E-state index in [2.05, 4.69) is 30.6 Å². The highest BCUT2D eigenvalue weighted by atomic mass is 32.2. The summed E-state index contributed by atoms with van der Waals surface area (Å²) in [5.74, 6) is 3.50. The second kappa shape index (κ2) is 7.36. The Labute approximate surface area is 92.7 Å². The van der Waals surface area contributed by atoms with Gasteiger partial charge < -0.3 is 5.32 Å². The number of likely N-dealkylation sites (N-methyl/N-ethyl adjacent to an activating group) is 1. The molecule has 0 spiro atoms. The van der Waals surface area contributed by atoms with Crippen molar-refractivity contribution in [1.82, 2.24) is 5.32 Å². The molecule has 14 heavy (non-hydrogen) atoms. The van der Waals surface area contributed by atoms with Crippen molar-refractivity contribution >= 4 is 11.8 Å². The van der Waals surface area contributed by atoms with Crippen LogP contribution in [0.2, 0.25) is 0 Å². The van der Waals surface area contributed by atoms with Gasteiger partial charge in [0.25, 0.3) is 0 Å². The molecule has 0 atom stereocenters. The van der Waals surface area contributed by atoms with Crippen molar-refractivity contribution in [2.45, 2.75) is 32.6 Å². The maximum absolute atomic E-state index is 4.07. The third-order valence-electron chi connectivity index (χ3n) is 2.76. The summed E-state index contributed by atoms with van der Waals surface area (Å²) in [5.41, 5.74) is 1.34. The van der Waals surface area contributed by atoms with E-state index in [9.17, 15) is 0 Å². The molecule has 0 aliphatic heterocycles. The van der Waals surface area contributed by atoms with E-state index in [0.29, 0.717) is 0 Å². The molecule has 0 amide bonds. The quantitative estimate of drug-likeness (QED) is 0.652. The first-order valence-corrected chi connectivity index (χ1v) is 6.93. The van der Waals surface area contributed by atoms with E-state index in [4.69, 9.17) is 0 Å². The molecule has 0 aromatic heterocycles. The van der Waals surface area contributed by atoms with Crippen molar-refractivity contribution in [1.29, 1.82) is 0 Å². The van der Waals surface area contributed by atoms with Gasteiger partial charge in [-0.3, -0.25) is 0 Å². The van der Waals surface area contributed by atoms with Crippen molar-refractivity contribution in [3.05, 3.63) is 12.2 Å². The molecule has 1 saturated carbocycles. The Balaban J connectivity index is 1.94. The second-order valence-corrected chi connectivity index (χ2v) is 5.23. The summed E-state index contributed by atoms with van der Waals surface area (Å²) in [6.45, 7) is 8.25. The van der Waals surface area contributed by atoms with Crippen molar-refractivity contribution in [2.75, 3.05) is 24.6 Å². The van der Waals surface area contributed by atoms with E-state index in [-0.39, 0.29) is 0 Å². The number of thioether (sulfide) groups is 1. The zero-order valence-corrected chi connectivity index (χ0v) is 10.2. The van der Waals surface area contributed by atoms with E-state index in [1.54, 1.807) is 0 Å². The molecule has 1 fully saturated rings. The summed E-state index contributed by atoms with van der Waals surface area (Å²) in [5, 5.41) is 3.31. The Morgan fingerprint density at radius 1 is 1.43 bits per heavy atom. The lowest BCUT2D eigenvalue weighted by atomic mass is 10.1. The molecule has 0 radical (unpaired) electrons. The predicted octanol–water partition coefficient (Wildman–Crippen LogP) is 3.08. The molecular weight excluding hydrogens is 190 g/mol. The molecular formula is C12H23NS. The van der Waals surface area contributed by atoms with Crippen LogP contribution >= 0.6 is 11.8 Å². The van der Waals surface area contributed by atoms with E-state index in [0.717, 1.165) is 24.8 Å². The van der Waals surface area contributed by atoms with Crippen LogP contribution in [0.3, 0.4) is 0 Å². The minimum absolute atomic E-state index is 0.994. The number of nitrogens with one attached hydrogen (secondary N) is 1. The average Bonchev–Trinajstić information content (AvgIpc) is 2.67. The zero-order chi connectivity index (χ0) is 10.2. The van der Waals surface area contributed by atoms with Gasteiger partial charge >= 0.3 is 0 Å². The monoisotopic (exact) mass is 213 g/mol. The van der Waals surface area contributed by atoms with Gasteiger partial charge in [-0.25, -0.2) is 0 Å². The van der Waals surface area contributed by atoms with Crippen LogP contribution in [0.4, 0.5) is 0 Å². The molecule has 82 valence electrons. The fourth-order valence-electron chi connectivity index (χ4n) is 1.90. The second-order valence-electron chi connectivity index (χ2n) is 4.20. The summed E-state index contributed by atoms with van der Waals surface area (Å²) < 4.78 is 0. The maximum Gasteiger partial charge on any atom is 0.0170 e. The van der Waals surface area contributed by atoms with E-state index in [1.807, 2.05) is 0 Å². The van der Waals surface area contributed by atoms with Crippen molar-refractivity contribution in [3.63, 3.8) is 0 Å². The molecule has 1 rings (SSSR count). The van der Waals surface area contributed by atoms with Gasteiger partial charge in [-0.05, 0) is 31.1 Å². The smallest absolute Gasteiger partial charge is 0.0170 e. The average molecular weight is 213 g/mol. The highest BCUT2D eigenvalue weighted by Gasteiger charge is 2.14. The minimum atomic E-state index is 0.994. The molecule has 1 nitrogen and oxygen atoms in total.